The predicted molar refractivity (Wildman–Crippen MR) is 53.4 cm³/mol. The van der Waals surface area contributed by atoms with Gasteiger partial charge in [0.2, 0.25) is 0 Å². The number of fused-ring (bicyclic) bond motifs is 1. The smallest absolute Gasteiger partial charge is 0.00503 e. The van der Waals surface area contributed by atoms with E-state index in [4.69, 9.17) is 5.73 Å². The molecule has 2 unspecified atom stereocenters. The Morgan fingerprint density at radius 2 is 1.92 bits per heavy atom. The van der Waals surface area contributed by atoms with E-state index in [1.54, 1.807) is 0 Å². The van der Waals surface area contributed by atoms with Crippen molar-refractivity contribution in [2.75, 3.05) is 26.2 Å². The summed E-state index contributed by atoms with van der Waals surface area (Å²) in [6.45, 7) is 4.98. The van der Waals surface area contributed by atoms with Crippen molar-refractivity contribution in [3.8, 4) is 0 Å². The molecule has 2 atom stereocenters. The van der Waals surface area contributed by atoms with Crippen LogP contribution in [0.4, 0.5) is 0 Å². The van der Waals surface area contributed by atoms with Crippen molar-refractivity contribution in [3.63, 3.8) is 0 Å². The van der Waals surface area contributed by atoms with E-state index in [9.17, 15) is 0 Å². The van der Waals surface area contributed by atoms with Crippen LogP contribution in [0.1, 0.15) is 25.7 Å². The summed E-state index contributed by atoms with van der Waals surface area (Å²) in [6.07, 6.45) is 5.70. The van der Waals surface area contributed by atoms with Gasteiger partial charge in [-0.2, -0.15) is 0 Å². The van der Waals surface area contributed by atoms with Gasteiger partial charge in [0.15, 0.2) is 0 Å². The molecule has 2 aliphatic carbocycles. The van der Waals surface area contributed by atoms with Crippen LogP contribution in [-0.2, 0) is 0 Å². The van der Waals surface area contributed by atoms with E-state index in [0.29, 0.717) is 5.41 Å². The third kappa shape index (κ3) is 1.31. The minimum absolute atomic E-state index is 0.538. The molecular weight excluding hydrogens is 160 g/mol. The number of piperidine rings is 1. The maximum Gasteiger partial charge on any atom is 0.00503 e. The molecule has 3 rings (SSSR count). The summed E-state index contributed by atoms with van der Waals surface area (Å²) in [6, 6.07) is 0. The normalized spacial score (nSPS) is 41.3. The van der Waals surface area contributed by atoms with Crippen LogP contribution < -0.4 is 5.73 Å². The fourth-order valence-corrected chi connectivity index (χ4v) is 3.20. The minimum atomic E-state index is 0.538. The van der Waals surface area contributed by atoms with Gasteiger partial charge in [0.1, 0.15) is 0 Å². The van der Waals surface area contributed by atoms with E-state index >= 15 is 0 Å². The lowest BCUT2D eigenvalue weighted by atomic mass is 9.68. The quantitative estimate of drug-likeness (QED) is 0.704. The van der Waals surface area contributed by atoms with Crippen molar-refractivity contribution < 1.29 is 0 Å². The molecule has 2 saturated carbocycles. The van der Waals surface area contributed by atoms with Gasteiger partial charge in [-0.25, -0.2) is 0 Å². The fraction of sp³-hybridized carbons (Fsp3) is 1.00. The standard InChI is InChI=1S/C11H20N2/c12-7-11(2-1-3-11)8-13-5-9-4-10(9)6-13/h9-10H,1-8,12H2. The van der Waals surface area contributed by atoms with E-state index in [2.05, 4.69) is 4.90 Å². The summed E-state index contributed by atoms with van der Waals surface area (Å²) in [4.78, 5) is 2.67. The molecule has 74 valence electrons. The first kappa shape index (κ1) is 8.25. The molecule has 2 N–H and O–H groups in total. The van der Waals surface area contributed by atoms with Crippen LogP contribution in [0, 0.1) is 17.3 Å². The number of rotatable bonds is 3. The maximum absolute atomic E-state index is 5.87. The van der Waals surface area contributed by atoms with Crippen LogP contribution in [-0.4, -0.2) is 31.1 Å². The van der Waals surface area contributed by atoms with Gasteiger partial charge >= 0.3 is 0 Å². The number of likely N-dealkylation sites (tertiary alicyclic amines) is 1. The zero-order valence-electron chi connectivity index (χ0n) is 8.34. The SMILES string of the molecule is NCC1(CN2CC3CC3C2)CCC1. The molecular formula is C11H20N2. The largest absolute Gasteiger partial charge is 0.330 e. The van der Waals surface area contributed by atoms with Crippen molar-refractivity contribution in [2.24, 2.45) is 23.0 Å². The van der Waals surface area contributed by atoms with Crippen LogP contribution in [0.3, 0.4) is 0 Å². The second kappa shape index (κ2) is 2.71. The van der Waals surface area contributed by atoms with Crippen LogP contribution in [0.25, 0.3) is 0 Å². The Morgan fingerprint density at radius 1 is 1.23 bits per heavy atom. The highest BCUT2D eigenvalue weighted by atomic mass is 15.2. The maximum atomic E-state index is 5.87. The molecule has 13 heavy (non-hydrogen) atoms. The third-order valence-corrected chi connectivity index (χ3v) is 4.46. The molecule has 1 heterocycles. The number of hydrogen-bond donors (Lipinski definition) is 1. The van der Waals surface area contributed by atoms with Gasteiger partial charge in [-0.15, -0.1) is 0 Å². The molecule has 0 amide bonds. The molecule has 0 radical (unpaired) electrons. The van der Waals surface area contributed by atoms with Gasteiger partial charge in [-0.3, -0.25) is 0 Å². The molecule has 0 aromatic rings. The lowest BCUT2D eigenvalue weighted by molar-refractivity contribution is 0.0812. The Balaban J connectivity index is 1.56. The highest BCUT2D eigenvalue weighted by molar-refractivity contribution is 5.00. The molecule has 2 nitrogen and oxygen atoms in total. The van der Waals surface area contributed by atoms with E-state index in [1.165, 1.54) is 45.3 Å². The number of nitrogens with two attached hydrogens (primary N) is 1. The molecule has 1 aliphatic heterocycles. The average Bonchev–Trinajstić information content (AvgIpc) is 2.67. The second-order valence-corrected chi connectivity index (χ2v) is 5.51. The van der Waals surface area contributed by atoms with Crippen LogP contribution in [0.5, 0.6) is 0 Å². The summed E-state index contributed by atoms with van der Waals surface area (Å²) in [5.41, 5.74) is 6.40. The first-order valence-corrected chi connectivity index (χ1v) is 5.74. The summed E-state index contributed by atoms with van der Waals surface area (Å²) in [5.74, 6) is 2.16. The molecule has 0 bridgehead atoms. The monoisotopic (exact) mass is 180 g/mol. The van der Waals surface area contributed by atoms with E-state index in [-0.39, 0.29) is 0 Å². The predicted octanol–water partition coefficient (Wildman–Crippen LogP) is 1.07. The zero-order chi connectivity index (χ0) is 8.89. The average molecular weight is 180 g/mol. The first-order valence-electron chi connectivity index (χ1n) is 5.74. The molecule has 3 fully saturated rings. The Bertz CT molecular complexity index is 195. The Hall–Kier alpha value is -0.0800. The zero-order valence-corrected chi connectivity index (χ0v) is 8.34. The van der Waals surface area contributed by atoms with Crippen molar-refractivity contribution >= 4 is 0 Å². The second-order valence-electron chi connectivity index (χ2n) is 5.51. The lowest BCUT2D eigenvalue weighted by Gasteiger charge is -2.44. The van der Waals surface area contributed by atoms with Gasteiger partial charge in [-0.1, -0.05) is 6.42 Å². The Kier molecular flexibility index (Phi) is 1.72. The van der Waals surface area contributed by atoms with Gasteiger partial charge in [0.05, 0.1) is 0 Å². The van der Waals surface area contributed by atoms with Crippen LogP contribution >= 0.6 is 0 Å². The summed E-state index contributed by atoms with van der Waals surface area (Å²) in [7, 11) is 0. The minimum Gasteiger partial charge on any atom is -0.330 e. The molecule has 3 aliphatic rings. The molecule has 2 heteroatoms. The highest BCUT2D eigenvalue weighted by Gasteiger charge is 2.47. The third-order valence-electron chi connectivity index (χ3n) is 4.46. The van der Waals surface area contributed by atoms with Gasteiger partial charge in [0.25, 0.3) is 0 Å². The lowest BCUT2D eigenvalue weighted by Crippen LogP contribution is -2.46. The number of nitrogens with zero attached hydrogens (tertiary/aromatic N) is 1. The van der Waals surface area contributed by atoms with Crippen LogP contribution in [0.15, 0.2) is 0 Å². The van der Waals surface area contributed by atoms with E-state index in [1.807, 2.05) is 0 Å². The topological polar surface area (TPSA) is 29.3 Å². The van der Waals surface area contributed by atoms with Crippen molar-refractivity contribution in [2.45, 2.75) is 25.7 Å². The highest BCUT2D eigenvalue weighted by Crippen LogP contribution is 2.48. The molecule has 0 spiro atoms. The molecule has 0 aromatic carbocycles. The van der Waals surface area contributed by atoms with Crippen LogP contribution in [0.2, 0.25) is 0 Å². The van der Waals surface area contributed by atoms with Crippen molar-refractivity contribution in [1.29, 1.82) is 0 Å². The molecule has 1 saturated heterocycles. The van der Waals surface area contributed by atoms with Crippen molar-refractivity contribution in [1.82, 2.24) is 4.90 Å². The summed E-state index contributed by atoms with van der Waals surface area (Å²) >= 11 is 0. The van der Waals surface area contributed by atoms with E-state index < -0.39 is 0 Å². The first-order chi connectivity index (χ1) is 6.31. The van der Waals surface area contributed by atoms with Crippen molar-refractivity contribution in [3.05, 3.63) is 0 Å². The van der Waals surface area contributed by atoms with Gasteiger partial charge < -0.3 is 10.6 Å². The summed E-state index contributed by atoms with van der Waals surface area (Å²) < 4.78 is 0. The number of hydrogen-bond acceptors (Lipinski definition) is 2. The molecule has 0 aromatic heterocycles. The summed E-state index contributed by atoms with van der Waals surface area (Å²) in [5, 5.41) is 0. The van der Waals surface area contributed by atoms with E-state index in [0.717, 1.165) is 18.4 Å². The Morgan fingerprint density at radius 3 is 2.38 bits per heavy atom. The fourth-order valence-electron chi connectivity index (χ4n) is 3.20. The van der Waals surface area contributed by atoms with Gasteiger partial charge in [0, 0.05) is 19.6 Å². The van der Waals surface area contributed by atoms with Gasteiger partial charge in [-0.05, 0) is 43.1 Å². The Labute approximate surface area is 80.5 Å².